The van der Waals surface area contributed by atoms with Crippen molar-refractivity contribution >= 4 is 5.91 Å². The Labute approximate surface area is 104 Å². The lowest BCUT2D eigenvalue weighted by Gasteiger charge is -2.24. The molecule has 0 aromatic carbocycles. The number of amides is 1. The van der Waals surface area contributed by atoms with Crippen LogP contribution in [0.15, 0.2) is 31.0 Å². The maximum atomic E-state index is 11.9. The van der Waals surface area contributed by atoms with E-state index in [1.807, 2.05) is 6.20 Å². The van der Waals surface area contributed by atoms with Gasteiger partial charge in [0.05, 0.1) is 6.20 Å². The molecule has 1 atom stereocenters. The van der Waals surface area contributed by atoms with Crippen LogP contribution in [0, 0.1) is 0 Å². The molecule has 0 aliphatic carbocycles. The fourth-order valence-electron chi connectivity index (χ4n) is 2.16. The molecule has 0 saturated carbocycles. The highest BCUT2D eigenvalue weighted by Crippen LogP contribution is 2.13. The molecule has 2 aromatic heterocycles. The van der Waals surface area contributed by atoms with E-state index in [1.165, 1.54) is 12.4 Å². The van der Waals surface area contributed by atoms with E-state index in [-0.39, 0.29) is 11.9 Å². The number of imidazole rings is 1. The first-order valence-corrected chi connectivity index (χ1v) is 5.90. The molecule has 1 aliphatic heterocycles. The van der Waals surface area contributed by atoms with Gasteiger partial charge in [-0.2, -0.15) is 0 Å². The lowest BCUT2D eigenvalue weighted by molar-refractivity contribution is 0.0922. The third-order valence-electron chi connectivity index (χ3n) is 3.07. The molecule has 0 fully saturated rings. The van der Waals surface area contributed by atoms with Crippen molar-refractivity contribution in [2.75, 3.05) is 0 Å². The molecule has 1 N–H and O–H groups in total. The Morgan fingerprint density at radius 3 is 3.11 bits per heavy atom. The molecule has 1 unspecified atom stereocenters. The maximum absolute atomic E-state index is 11.9. The largest absolute Gasteiger partial charge is 0.346 e. The molecule has 0 saturated heterocycles. The van der Waals surface area contributed by atoms with Gasteiger partial charge in [-0.15, -0.1) is 0 Å². The molecule has 92 valence electrons. The topological polar surface area (TPSA) is 72.7 Å². The molecule has 0 spiro atoms. The van der Waals surface area contributed by atoms with Crippen molar-refractivity contribution in [2.45, 2.75) is 25.4 Å². The predicted octanol–water partition coefficient (Wildman–Crippen LogP) is 0.418. The second-order valence-corrected chi connectivity index (χ2v) is 4.30. The lowest BCUT2D eigenvalue weighted by atomic mass is 10.1. The van der Waals surface area contributed by atoms with Crippen molar-refractivity contribution in [3.63, 3.8) is 0 Å². The van der Waals surface area contributed by atoms with Crippen LogP contribution in [0.1, 0.15) is 22.7 Å². The van der Waals surface area contributed by atoms with E-state index >= 15 is 0 Å². The highest BCUT2D eigenvalue weighted by atomic mass is 16.1. The third-order valence-corrected chi connectivity index (χ3v) is 3.07. The number of aryl methyl sites for hydroxylation is 1. The average Bonchev–Trinajstić information content (AvgIpc) is 2.87. The minimum Gasteiger partial charge on any atom is -0.346 e. The third kappa shape index (κ3) is 2.09. The molecule has 0 bridgehead atoms. The van der Waals surface area contributed by atoms with Crippen LogP contribution >= 0.6 is 0 Å². The second-order valence-electron chi connectivity index (χ2n) is 4.30. The average molecular weight is 243 g/mol. The molecule has 3 rings (SSSR count). The summed E-state index contributed by atoms with van der Waals surface area (Å²) in [6.07, 6.45) is 10.1. The number of hydrogen-bond acceptors (Lipinski definition) is 4. The van der Waals surface area contributed by atoms with Gasteiger partial charge in [0.25, 0.3) is 5.91 Å². The number of rotatable bonds is 2. The van der Waals surface area contributed by atoms with Crippen LogP contribution in [0.3, 0.4) is 0 Å². The van der Waals surface area contributed by atoms with Crippen molar-refractivity contribution in [1.82, 2.24) is 24.8 Å². The van der Waals surface area contributed by atoms with Crippen molar-refractivity contribution < 1.29 is 4.79 Å². The Bertz CT molecular complexity index is 551. The normalized spacial score (nSPS) is 18.1. The molecule has 3 heterocycles. The molecular weight excluding hydrogens is 230 g/mol. The van der Waals surface area contributed by atoms with Gasteiger partial charge in [0.15, 0.2) is 0 Å². The van der Waals surface area contributed by atoms with Crippen LogP contribution in [-0.4, -0.2) is 31.5 Å². The number of nitrogens with one attached hydrogen (secondary N) is 1. The molecule has 6 heteroatoms. The van der Waals surface area contributed by atoms with Gasteiger partial charge in [-0.05, 0) is 6.42 Å². The van der Waals surface area contributed by atoms with Gasteiger partial charge in [0.2, 0.25) is 0 Å². The van der Waals surface area contributed by atoms with Crippen molar-refractivity contribution in [1.29, 1.82) is 0 Å². The summed E-state index contributed by atoms with van der Waals surface area (Å²) >= 11 is 0. The molecule has 1 aliphatic rings. The molecule has 1 amide bonds. The SMILES string of the molecule is O=C(NC1CCc2nccn2C1)c1cnccn1. The Kier molecular flexibility index (Phi) is 2.76. The smallest absolute Gasteiger partial charge is 0.271 e. The van der Waals surface area contributed by atoms with Crippen molar-refractivity contribution in [3.05, 3.63) is 42.5 Å². The Hall–Kier alpha value is -2.24. The summed E-state index contributed by atoms with van der Waals surface area (Å²) in [5.74, 6) is 0.914. The summed E-state index contributed by atoms with van der Waals surface area (Å²) in [5.41, 5.74) is 0.355. The van der Waals surface area contributed by atoms with Crippen LogP contribution in [0.25, 0.3) is 0 Å². The number of fused-ring (bicyclic) bond motifs is 1. The number of aromatic nitrogens is 4. The minimum atomic E-state index is -0.170. The van der Waals surface area contributed by atoms with E-state index in [9.17, 15) is 4.79 Å². The van der Waals surface area contributed by atoms with E-state index < -0.39 is 0 Å². The van der Waals surface area contributed by atoms with Crippen LogP contribution in [0.5, 0.6) is 0 Å². The van der Waals surface area contributed by atoms with E-state index in [4.69, 9.17) is 0 Å². The van der Waals surface area contributed by atoms with E-state index in [1.54, 1.807) is 12.4 Å². The maximum Gasteiger partial charge on any atom is 0.271 e. The molecule has 0 radical (unpaired) electrons. The molecular formula is C12H13N5O. The zero-order valence-electron chi connectivity index (χ0n) is 9.78. The first-order chi connectivity index (χ1) is 8.83. The summed E-state index contributed by atoms with van der Waals surface area (Å²) in [6, 6.07) is 0.126. The van der Waals surface area contributed by atoms with Gasteiger partial charge in [-0.3, -0.25) is 9.78 Å². The standard InChI is InChI=1S/C12H13N5O/c18-12(10-7-13-3-4-14-10)16-9-1-2-11-15-5-6-17(11)8-9/h3-7,9H,1-2,8H2,(H,16,18). The Morgan fingerprint density at radius 1 is 1.33 bits per heavy atom. The first-order valence-electron chi connectivity index (χ1n) is 5.90. The number of hydrogen-bond donors (Lipinski definition) is 1. The van der Waals surface area contributed by atoms with Crippen LogP contribution in [-0.2, 0) is 13.0 Å². The minimum absolute atomic E-state index is 0.126. The number of carbonyl (C=O) groups is 1. The quantitative estimate of drug-likeness (QED) is 0.829. The van der Waals surface area contributed by atoms with Gasteiger partial charge < -0.3 is 9.88 Å². The summed E-state index contributed by atoms with van der Waals surface area (Å²) in [7, 11) is 0. The van der Waals surface area contributed by atoms with Gasteiger partial charge in [0, 0.05) is 43.8 Å². The zero-order valence-corrected chi connectivity index (χ0v) is 9.78. The fourth-order valence-corrected chi connectivity index (χ4v) is 2.16. The van der Waals surface area contributed by atoms with Crippen LogP contribution in [0.4, 0.5) is 0 Å². The van der Waals surface area contributed by atoms with Gasteiger partial charge in [-0.1, -0.05) is 0 Å². The van der Waals surface area contributed by atoms with Crippen molar-refractivity contribution in [2.24, 2.45) is 0 Å². The lowest BCUT2D eigenvalue weighted by Crippen LogP contribution is -2.41. The highest BCUT2D eigenvalue weighted by molar-refractivity contribution is 5.92. The summed E-state index contributed by atoms with van der Waals surface area (Å²) in [5, 5.41) is 2.98. The van der Waals surface area contributed by atoms with E-state index in [0.29, 0.717) is 5.69 Å². The molecule has 6 nitrogen and oxygen atoms in total. The number of carbonyl (C=O) groups excluding carboxylic acids is 1. The first kappa shape index (κ1) is 10.9. The van der Waals surface area contributed by atoms with Gasteiger partial charge in [0.1, 0.15) is 11.5 Å². The number of nitrogens with zero attached hydrogens (tertiary/aromatic N) is 4. The Balaban J connectivity index is 1.67. The predicted molar refractivity (Wildman–Crippen MR) is 63.8 cm³/mol. The van der Waals surface area contributed by atoms with Gasteiger partial charge in [-0.25, -0.2) is 9.97 Å². The van der Waals surface area contributed by atoms with Crippen LogP contribution < -0.4 is 5.32 Å². The summed E-state index contributed by atoms with van der Waals surface area (Å²) < 4.78 is 2.07. The molecule has 18 heavy (non-hydrogen) atoms. The van der Waals surface area contributed by atoms with E-state index in [2.05, 4.69) is 24.8 Å². The Morgan fingerprint density at radius 2 is 2.28 bits per heavy atom. The monoisotopic (exact) mass is 243 g/mol. The van der Waals surface area contributed by atoms with Crippen molar-refractivity contribution in [3.8, 4) is 0 Å². The molecule has 2 aromatic rings. The van der Waals surface area contributed by atoms with Gasteiger partial charge >= 0.3 is 0 Å². The summed E-state index contributed by atoms with van der Waals surface area (Å²) in [6.45, 7) is 0.765. The van der Waals surface area contributed by atoms with Crippen LogP contribution in [0.2, 0.25) is 0 Å². The fraction of sp³-hybridized carbons (Fsp3) is 0.333. The van der Waals surface area contributed by atoms with E-state index in [0.717, 1.165) is 25.2 Å². The zero-order chi connectivity index (χ0) is 12.4. The summed E-state index contributed by atoms with van der Waals surface area (Å²) in [4.78, 5) is 24.1. The second kappa shape index (κ2) is 4.56. The highest BCUT2D eigenvalue weighted by Gasteiger charge is 2.21.